The van der Waals surface area contributed by atoms with Gasteiger partial charge in [0.25, 0.3) is 0 Å². The van der Waals surface area contributed by atoms with Gasteiger partial charge >= 0.3 is 0 Å². The topological polar surface area (TPSA) is 38.7 Å². The third-order valence-corrected chi connectivity index (χ3v) is 3.99. The zero-order chi connectivity index (χ0) is 11.9. The largest absolute Gasteiger partial charge is 0.396 e. The highest BCUT2D eigenvalue weighted by atomic mass is 16.2. The molecule has 0 unspecified atom stereocenters. The van der Waals surface area contributed by atoms with E-state index in [-0.39, 0.29) is 0 Å². The second-order valence-electron chi connectivity index (χ2n) is 5.34. The first-order valence-electron chi connectivity index (χ1n) is 7.18. The van der Waals surface area contributed by atoms with Crippen molar-refractivity contribution in [3.8, 4) is 0 Å². The van der Waals surface area contributed by atoms with Crippen LogP contribution in [0.4, 0.5) is 0 Å². The Kier molecular flexibility index (Phi) is 5.71. The van der Waals surface area contributed by atoms with Crippen LogP contribution in [0, 0.1) is 0 Å². The van der Waals surface area contributed by atoms with Crippen molar-refractivity contribution in [3.05, 3.63) is 0 Å². The van der Waals surface area contributed by atoms with E-state index in [4.69, 9.17) is 5.11 Å². The molecule has 2 saturated heterocycles. The molecule has 2 fully saturated rings. The zero-order valence-electron chi connectivity index (χ0n) is 10.9. The molecule has 17 heavy (non-hydrogen) atoms. The predicted octanol–water partition coefficient (Wildman–Crippen LogP) is 0.129. The van der Waals surface area contributed by atoms with Crippen LogP contribution in [0.15, 0.2) is 0 Å². The highest BCUT2D eigenvalue weighted by Crippen LogP contribution is 2.16. The van der Waals surface area contributed by atoms with Crippen LogP contribution in [0.2, 0.25) is 0 Å². The van der Waals surface area contributed by atoms with Gasteiger partial charge in [-0.05, 0) is 19.4 Å². The minimum atomic E-state index is 0.356. The van der Waals surface area contributed by atoms with Crippen LogP contribution >= 0.6 is 0 Å². The molecular weight excluding hydrogens is 214 g/mol. The number of likely N-dealkylation sites (tertiary alicyclic amines) is 1. The van der Waals surface area contributed by atoms with E-state index < -0.39 is 0 Å². The molecule has 0 aromatic carbocycles. The van der Waals surface area contributed by atoms with E-state index in [0.29, 0.717) is 6.61 Å². The average Bonchev–Trinajstić information content (AvgIpc) is 2.32. The third-order valence-electron chi connectivity index (χ3n) is 3.99. The fraction of sp³-hybridized carbons (Fsp3) is 1.00. The lowest BCUT2D eigenvalue weighted by molar-refractivity contribution is 0.0264. The number of aliphatic hydroxyl groups excluding tert-OH is 1. The van der Waals surface area contributed by atoms with Crippen molar-refractivity contribution in [1.82, 2.24) is 15.1 Å². The standard InChI is InChI=1S/C13H27N3O/c17-10-4-2-1-3-7-15-11-13(12-15)16-8-5-14-6-9-16/h13-14,17H,1-12H2. The number of piperazine rings is 1. The van der Waals surface area contributed by atoms with Gasteiger partial charge in [-0.3, -0.25) is 4.90 Å². The van der Waals surface area contributed by atoms with Gasteiger partial charge in [0.2, 0.25) is 0 Å². The van der Waals surface area contributed by atoms with Crippen molar-refractivity contribution in [2.45, 2.75) is 31.7 Å². The molecule has 0 aliphatic carbocycles. The van der Waals surface area contributed by atoms with Crippen molar-refractivity contribution >= 4 is 0 Å². The summed E-state index contributed by atoms with van der Waals surface area (Å²) in [4.78, 5) is 5.21. The number of hydrogen-bond acceptors (Lipinski definition) is 4. The van der Waals surface area contributed by atoms with Crippen LogP contribution in [0.1, 0.15) is 25.7 Å². The molecule has 2 heterocycles. The van der Waals surface area contributed by atoms with Gasteiger partial charge in [0.15, 0.2) is 0 Å². The highest BCUT2D eigenvalue weighted by molar-refractivity contribution is 4.89. The number of nitrogens with one attached hydrogen (secondary N) is 1. The fourth-order valence-corrected chi connectivity index (χ4v) is 2.80. The summed E-state index contributed by atoms with van der Waals surface area (Å²) in [5.74, 6) is 0. The van der Waals surface area contributed by atoms with E-state index >= 15 is 0 Å². The smallest absolute Gasteiger partial charge is 0.0431 e. The first-order valence-corrected chi connectivity index (χ1v) is 7.18. The molecule has 4 heteroatoms. The van der Waals surface area contributed by atoms with Gasteiger partial charge in [-0.15, -0.1) is 0 Å². The summed E-state index contributed by atoms with van der Waals surface area (Å²) in [6.45, 7) is 8.96. The summed E-state index contributed by atoms with van der Waals surface area (Å²) < 4.78 is 0. The number of nitrogens with zero attached hydrogens (tertiary/aromatic N) is 2. The third kappa shape index (κ3) is 4.21. The van der Waals surface area contributed by atoms with E-state index in [0.717, 1.165) is 25.6 Å². The molecule has 0 saturated carbocycles. The molecule has 100 valence electrons. The number of hydrogen-bond donors (Lipinski definition) is 2. The minimum absolute atomic E-state index is 0.356. The summed E-state index contributed by atoms with van der Waals surface area (Å²) >= 11 is 0. The van der Waals surface area contributed by atoms with Gasteiger partial charge in [0.1, 0.15) is 0 Å². The molecule has 2 aliphatic heterocycles. The summed E-state index contributed by atoms with van der Waals surface area (Å²) in [5.41, 5.74) is 0. The second kappa shape index (κ2) is 7.31. The fourth-order valence-electron chi connectivity index (χ4n) is 2.80. The van der Waals surface area contributed by atoms with E-state index in [2.05, 4.69) is 15.1 Å². The molecular formula is C13H27N3O. The zero-order valence-corrected chi connectivity index (χ0v) is 10.9. The minimum Gasteiger partial charge on any atom is -0.396 e. The average molecular weight is 241 g/mol. The van der Waals surface area contributed by atoms with Gasteiger partial charge in [0, 0.05) is 51.9 Å². The Bertz CT molecular complexity index is 201. The number of rotatable bonds is 7. The van der Waals surface area contributed by atoms with Crippen LogP contribution in [-0.2, 0) is 0 Å². The summed E-state index contributed by atoms with van der Waals surface area (Å²) in [6, 6.07) is 0.828. The lowest BCUT2D eigenvalue weighted by Crippen LogP contribution is -2.62. The Hall–Kier alpha value is -0.160. The Morgan fingerprint density at radius 2 is 1.71 bits per heavy atom. The summed E-state index contributed by atoms with van der Waals surface area (Å²) in [7, 11) is 0. The molecule has 2 rings (SSSR count). The molecule has 2 N–H and O–H groups in total. The molecule has 0 aromatic rings. The lowest BCUT2D eigenvalue weighted by Gasteiger charge is -2.47. The second-order valence-corrected chi connectivity index (χ2v) is 5.34. The molecule has 0 spiro atoms. The van der Waals surface area contributed by atoms with Crippen LogP contribution in [0.5, 0.6) is 0 Å². The van der Waals surface area contributed by atoms with Crippen LogP contribution < -0.4 is 5.32 Å². The molecule has 0 aromatic heterocycles. The maximum absolute atomic E-state index is 8.69. The monoisotopic (exact) mass is 241 g/mol. The molecule has 0 radical (unpaired) electrons. The van der Waals surface area contributed by atoms with Crippen molar-refractivity contribution < 1.29 is 5.11 Å². The molecule has 0 amide bonds. The lowest BCUT2D eigenvalue weighted by atomic mass is 10.1. The molecule has 0 bridgehead atoms. The SMILES string of the molecule is OCCCCCCN1CC(N2CCNCC2)C1. The maximum atomic E-state index is 8.69. The van der Waals surface area contributed by atoms with Crippen LogP contribution in [-0.4, -0.2) is 73.4 Å². The summed E-state index contributed by atoms with van der Waals surface area (Å²) in [6.07, 6.45) is 4.73. The van der Waals surface area contributed by atoms with Crippen LogP contribution in [0.25, 0.3) is 0 Å². The Labute approximate surface area is 105 Å². The van der Waals surface area contributed by atoms with Crippen molar-refractivity contribution in [3.63, 3.8) is 0 Å². The Balaban J connectivity index is 1.47. The molecule has 0 atom stereocenters. The first-order chi connectivity index (χ1) is 8.40. The van der Waals surface area contributed by atoms with Gasteiger partial charge < -0.3 is 15.3 Å². The first kappa shape index (κ1) is 13.3. The van der Waals surface area contributed by atoms with Crippen molar-refractivity contribution in [1.29, 1.82) is 0 Å². The number of aliphatic hydroxyl groups is 1. The van der Waals surface area contributed by atoms with Crippen LogP contribution in [0.3, 0.4) is 0 Å². The molecule has 2 aliphatic rings. The highest BCUT2D eigenvalue weighted by Gasteiger charge is 2.31. The van der Waals surface area contributed by atoms with E-state index in [1.54, 1.807) is 0 Å². The van der Waals surface area contributed by atoms with Crippen molar-refractivity contribution in [2.24, 2.45) is 0 Å². The van der Waals surface area contributed by atoms with Gasteiger partial charge in [-0.2, -0.15) is 0 Å². The van der Waals surface area contributed by atoms with E-state index in [1.165, 1.54) is 52.0 Å². The number of unbranched alkanes of at least 4 members (excludes halogenated alkanes) is 3. The summed E-state index contributed by atoms with van der Waals surface area (Å²) in [5, 5.41) is 12.1. The van der Waals surface area contributed by atoms with E-state index in [1.807, 2.05) is 0 Å². The maximum Gasteiger partial charge on any atom is 0.0431 e. The van der Waals surface area contributed by atoms with Gasteiger partial charge in [0.05, 0.1) is 0 Å². The van der Waals surface area contributed by atoms with Gasteiger partial charge in [-0.25, -0.2) is 0 Å². The van der Waals surface area contributed by atoms with Gasteiger partial charge in [-0.1, -0.05) is 12.8 Å². The quantitative estimate of drug-likeness (QED) is 0.622. The predicted molar refractivity (Wildman–Crippen MR) is 70.2 cm³/mol. The normalized spacial score (nSPS) is 23.8. The van der Waals surface area contributed by atoms with Crippen molar-refractivity contribution in [2.75, 3.05) is 52.4 Å². The Morgan fingerprint density at radius 3 is 2.41 bits per heavy atom. The Morgan fingerprint density at radius 1 is 1.00 bits per heavy atom. The van der Waals surface area contributed by atoms with E-state index in [9.17, 15) is 0 Å². The molecule has 4 nitrogen and oxygen atoms in total.